The van der Waals surface area contributed by atoms with Gasteiger partial charge in [0.15, 0.2) is 0 Å². The second kappa shape index (κ2) is 10.3. The predicted molar refractivity (Wildman–Crippen MR) is 131 cm³/mol. The van der Waals surface area contributed by atoms with Gasteiger partial charge in [-0.05, 0) is 38.3 Å². The summed E-state index contributed by atoms with van der Waals surface area (Å²) in [4.78, 5) is 27.2. The molecule has 0 saturated carbocycles. The van der Waals surface area contributed by atoms with Crippen LogP contribution in [0.2, 0.25) is 19.6 Å². The van der Waals surface area contributed by atoms with Gasteiger partial charge in [0, 0.05) is 37.4 Å². The Kier molecular flexibility index (Phi) is 8.53. The Balaban J connectivity index is 0.000000366. The predicted octanol–water partition coefficient (Wildman–Crippen LogP) is 4.97. The molecule has 3 rings (SSSR count). The zero-order chi connectivity index (χ0) is 23.4. The zero-order valence-corrected chi connectivity index (χ0v) is 21.5. The fraction of sp³-hybridized carbons (Fsp3) is 0.583. The Bertz CT molecular complexity index is 823. The Hall–Kier alpha value is -1.63. The number of hydrogen-bond donors (Lipinski definition) is 1. The number of carbonyl (C=O) groups excluding carboxylic acids is 2. The van der Waals surface area contributed by atoms with Crippen LogP contribution in [0.5, 0.6) is 0 Å². The number of alkyl halides is 1. The van der Waals surface area contributed by atoms with Crippen LogP contribution in [0.3, 0.4) is 0 Å². The molecule has 0 aliphatic carbocycles. The Morgan fingerprint density at radius 1 is 1.35 bits per heavy atom. The normalized spacial score (nSPS) is 23.7. The Labute approximate surface area is 193 Å². The smallest absolute Gasteiger partial charge is 0.237 e. The maximum atomic E-state index is 12.9. The number of para-hydroxylation sites is 1. The number of carbonyl (C=O) groups is 2. The number of ether oxygens (including phenoxy) is 1. The van der Waals surface area contributed by atoms with Crippen LogP contribution in [0, 0.1) is 0 Å². The third kappa shape index (κ3) is 5.24. The molecule has 5 nitrogen and oxygen atoms in total. The second-order valence-corrected chi connectivity index (χ2v) is 15.5. The highest BCUT2D eigenvalue weighted by Crippen LogP contribution is 2.49. The van der Waals surface area contributed by atoms with Gasteiger partial charge in [0.25, 0.3) is 0 Å². The van der Waals surface area contributed by atoms with E-state index in [1.54, 1.807) is 12.0 Å². The van der Waals surface area contributed by atoms with Crippen LogP contribution in [-0.4, -0.2) is 56.1 Å². The molecule has 172 valence electrons. The number of likely N-dealkylation sites (tertiary alicyclic amines) is 1. The van der Waals surface area contributed by atoms with Gasteiger partial charge in [-0.3, -0.25) is 9.59 Å². The number of nitrogens with one attached hydrogen (secondary N) is 1. The van der Waals surface area contributed by atoms with E-state index >= 15 is 0 Å². The van der Waals surface area contributed by atoms with Crippen LogP contribution >= 0.6 is 11.6 Å². The van der Waals surface area contributed by atoms with Crippen molar-refractivity contribution in [2.24, 2.45) is 0 Å². The van der Waals surface area contributed by atoms with Crippen LogP contribution in [0.4, 0.5) is 5.69 Å². The molecule has 2 amide bonds. The van der Waals surface area contributed by atoms with E-state index in [2.05, 4.69) is 38.5 Å². The molecule has 2 aliphatic rings. The number of fused-ring (bicyclic) bond motifs is 2. The molecule has 3 unspecified atom stereocenters. The maximum absolute atomic E-state index is 12.9. The third-order valence-corrected chi connectivity index (χ3v) is 9.41. The summed E-state index contributed by atoms with van der Waals surface area (Å²) in [5.41, 5.74) is 2.40. The van der Waals surface area contributed by atoms with E-state index in [-0.39, 0.29) is 17.9 Å². The molecule has 2 heterocycles. The lowest BCUT2D eigenvalue weighted by Gasteiger charge is -2.47. The minimum Gasteiger partial charge on any atom is -0.385 e. The van der Waals surface area contributed by atoms with Crippen molar-refractivity contribution in [2.75, 3.05) is 24.9 Å². The molecule has 0 aromatic heterocycles. The number of nitrogens with zero attached hydrogens (tertiary/aromatic N) is 1. The van der Waals surface area contributed by atoms with E-state index in [0.717, 1.165) is 16.8 Å². The first-order chi connectivity index (χ1) is 14.5. The van der Waals surface area contributed by atoms with E-state index in [4.69, 9.17) is 16.3 Å². The van der Waals surface area contributed by atoms with E-state index in [1.165, 1.54) is 0 Å². The Morgan fingerprint density at radius 2 is 2.00 bits per heavy atom. The van der Waals surface area contributed by atoms with Crippen LogP contribution in [-0.2, 0) is 19.7 Å². The van der Waals surface area contributed by atoms with Gasteiger partial charge < -0.3 is 15.0 Å². The SMILES string of the molecule is C=C(C)C1N(CCCCl)C(=O)CCC12C(=O)Nc1ccccc12.COC(C)[Si](C)(C)C. The molecule has 1 spiro atoms. The zero-order valence-electron chi connectivity index (χ0n) is 19.8. The summed E-state index contributed by atoms with van der Waals surface area (Å²) in [5, 5.41) is 2.99. The first-order valence-electron chi connectivity index (χ1n) is 10.9. The number of rotatable bonds is 6. The van der Waals surface area contributed by atoms with E-state index in [1.807, 2.05) is 31.2 Å². The maximum Gasteiger partial charge on any atom is 0.237 e. The average molecular weight is 465 g/mol. The molecule has 0 bridgehead atoms. The highest BCUT2D eigenvalue weighted by Gasteiger charge is 2.57. The summed E-state index contributed by atoms with van der Waals surface area (Å²) in [6.07, 6.45) is 1.59. The number of amides is 2. The lowest BCUT2D eigenvalue weighted by molar-refractivity contribution is -0.141. The molecule has 1 saturated heterocycles. The summed E-state index contributed by atoms with van der Waals surface area (Å²) in [6.45, 7) is 15.6. The van der Waals surface area contributed by atoms with Crippen molar-refractivity contribution >= 4 is 37.2 Å². The molecule has 1 fully saturated rings. The van der Waals surface area contributed by atoms with Gasteiger partial charge in [-0.1, -0.05) is 50.0 Å². The lowest BCUT2D eigenvalue weighted by Crippen LogP contribution is -2.60. The molecular weight excluding hydrogens is 428 g/mol. The monoisotopic (exact) mass is 464 g/mol. The molecule has 1 aromatic rings. The van der Waals surface area contributed by atoms with Crippen molar-refractivity contribution in [2.45, 2.75) is 69.9 Å². The fourth-order valence-corrected chi connectivity index (χ4v) is 5.20. The van der Waals surface area contributed by atoms with Gasteiger partial charge in [0.1, 0.15) is 5.41 Å². The fourth-order valence-electron chi connectivity index (χ4n) is 4.38. The van der Waals surface area contributed by atoms with Crippen molar-refractivity contribution in [3.05, 3.63) is 42.0 Å². The number of benzene rings is 1. The molecule has 3 atom stereocenters. The van der Waals surface area contributed by atoms with Crippen LogP contribution < -0.4 is 5.32 Å². The van der Waals surface area contributed by atoms with Crippen LogP contribution in [0.25, 0.3) is 0 Å². The van der Waals surface area contributed by atoms with Crippen molar-refractivity contribution in [1.82, 2.24) is 4.90 Å². The van der Waals surface area contributed by atoms with Gasteiger partial charge in [-0.25, -0.2) is 0 Å². The van der Waals surface area contributed by atoms with Gasteiger partial charge in [0.2, 0.25) is 11.8 Å². The average Bonchev–Trinajstić information content (AvgIpc) is 2.99. The van der Waals surface area contributed by atoms with E-state index in [0.29, 0.717) is 37.4 Å². The molecule has 7 heteroatoms. The largest absolute Gasteiger partial charge is 0.385 e. The highest BCUT2D eigenvalue weighted by atomic mass is 35.5. The van der Waals surface area contributed by atoms with Crippen LogP contribution in [0.1, 0.15) is 38.7 Å². The first kappa shape index (κ1) is 25.6. The molecule has 0 radical (unpaired) electrons. The lowest BCUT2D eigenvalue weighted by atomic mass is 9.66. The summed E-state index contributed by atoms with van der Waals surface area (Å²) in [7, 11) is 0.798. The van der Waals surface area contributed by atoms with Gasteiger partial charge in [0.05, 0.1) is 14.1 Å². The molecule has 31 heavy (non-hydrogen) atoms. The second-order valence-electron chi connectivity index (χ2n) is 9.59. The van der Waals surface area contributed by atoms with Crippen LogP contribution in [0.15, 0.2) is 36.4 Å². The van der Waals surface area contributed by atoms with Crippen molar-refractivity contribution in [1.29, 1.82) is 0 Å². The minimum absolute atomic E-state index is 0.0323. The summed E-state index contributed by atoms with van der Waals surface area (Å²) in [5.74, 6) is 0.531. The first-order valence-corrected chi connectivity index (χ1v) is 15.1. The van der Waals surface area contributed by atoms with E-state index < -0.39 is 13.5 Å². The van der Waals surface area contributed by atoms with Crippen molar-refractivity contribution in [3.8, 4) is 0 Å². The molecular formula is C24H37ClN2O3Si. The van der Waals surface area contributed by atoms with E-state index in [9.17, 15) is 9.59 Å². The van der Waals surface area contributed by atoms with Gasteiger partial charge in [-0.15, -0.1) is 11.6 Å². The summed E-state index contributed by atoms with van der Waals surface area (Å²) >= 11 is 5.82. The Morgan fingerprint density at radius 3 is 2.52 bits per heavy atom. The topological polar surface area (TPSA) is 58.6 Å². The molecule has 1 aromatic carbocycles. The number of methoxy groups -OCH3 is 1. The number of piperidine rings is 1. The van der Waals surface area contributed by atoms with Gasteiger partial charge >= 0.3 is 0 Å². The molecule has 2 aliphatic heterocycles. The number of anilines is 1. The number of halogens is 1. The van der Waals surface area contributed by atoms with Crippen molar-refractivity contribution < 1.29 is 14.3 Å². The van der Waals surface area contributed by atoms with Crippen molar-refractivity contribution in [3.63, 3.8) is 0 Å². The standard InChI is InChI=1S/C18H21ClN2O2.C6H16OSi/c1-12(2)16-18(9-8-15(22)21(16)11-5-10-19)13-6-3-4-7-14(13)20-17(18)23;1-6(7-2)8(3,4)5/h3-4,6-7,16H,1,5,8-11H2,2H3,(H,20,23);6H,1-5H3. The number of hydrogen-bond acceptors (Lipinski definition) is 3. The minimum atomic E-state index is -0.983. The third-order valence-electron chi connectivity index (χ3n) is 6.47. The highest BCUT2D eigenvalue weighted by molar-refractivity contribution is 6.77. The molecule has 1 N–H and O–H groups in total. The summed E-state index contributed by atoms with van der Waals surface area (Å²) in [6, 6.07) is 7.43. The van der Waals surface area contributed by atoms with Gasteiger partial charge in [-0.2, -0.15) is 0 Å². The quantitative estimate of drug-likeness (QED) is 0.367. The summed E-state index contributed by atoms with van der Waals surface area (Å²) < 4.78 is 5.18.